The lowest BCUT2D eigenvalue weighted by molar-refractivity contribution is -0.133. The Balaban J connectivity index is 1.48. The SMILES string of the molecule is O=C1Nc2cc(S(=O)(=O)NCc3ccccn3)ccc2S[C@H]1C(=O)N1CCCCCC1. The molecular formula is C21H24N4O4S2. The molecule has 2 aliphatic heterocycles. The molecule has 1 saturated heterocycles. The third kappa shape index (κ3) is 5.08. The van der Waals surface area contributed by atoms with Gasteiger partial charge in [0.1, 0.15) is 0 Å². The number of aromatic nitrogens is 1. The number of hydrogen-bond donors (Lipinski definition) is 2. The summed E-state index contributed by atoms with van der Waals surface area (Å²) < 4.78 is 27.8. The summed E-state index contributed by atoms with van der Waals surface area (Å²) in [5.74, 6) is -0.591. The predicted octanol–water partition coefficient (Wildman–Crippen LogP) is 2.38. The maximum atomic E-state index is 12.9. The molecular weight excluding hydrogens is 436 g/mol. The van der Waals surface area contributed by atoms with Crippen molar-refractivity contribution in [1.82, 2.24) is 14.6 Å². The van der Waals surface area contributed by atoms with Gasteiger partial charge in [-0.05, 0) is 43.2 Å². The predicted molar refractivity (Wildman–Crippen MR) is 118 cm³/mol. The fourth-order valence-corrected chi connectivity index (χ4v) is 5.71. The monoisotopic (exact) mass is 460 g/mol. The van der Waals surface area contributed by atoms with Gasteiger partial charge in [0, 0.05) is 24.2 Å². The lowest BCUT2D eigenvalue weighted by Crippen LogP contribution is -2.45. The van der Waals surface area contributed by atoms with Crippen LogP contribution in [0.3, 0.4) is 0 Å². The van der Waals surface area contributed by atoms with Gasteiger partial charge in [-0.2, -0.15) is 0 Å². The Morgan fingerprint density at radius 2 is 1.94 bits per heavy atom. The summed E-state index contributed by atoms with van der Waals surface area (Å²) in [5.41, 5.74) is 0.999. The number of anilines is 1. The standard InChI is InChI=1S/C21H24N4O4S2/c26-20-19(21(27)25-11-5-1-2-6-12-25)30-18-9-8-16(13-17(18)24-20)31(28,29)23-14-15-7-3-4-10-22-15/h3-4,7-10,13,19,23H,1-2,5-6,11-12,14H2,(H,24,26)/t19-/m1/s1. The van der Waals surface area contributed by atoms with Crippen LogP contribution < -0.4 is 10.0 Å². The topological polar surface area (TPSA) is 108 Å². The number of carbonyl (C=O) groups excluding carboxylic acids is 2. The molecule has 0 spiro atoms. The Bertz CT molecular complexity index is 1070. The van der Waals surface area contributed by atoms with Gasteiger partial charge in [-0.1, -0.05) is 18.9 Å². The summed E-state index contributed by atoms with van der Waals surface area (Å²) in [5, 5.41) is 1.87. The van der Waals surface area contributed by atoms with Gasteiger partial charge in [0.2, 0.25) is 21.8 Å². The Hall–Kier alpha value is -2.43. The zero-order chi connectivity index (χ0) is 21.8. The first-order valence-corrected chi connectivity index (χ1v) is 12.6. The molecule has 1 atom stereocenters. The van der Waals surface area contributed by atoms with Gasteiger partial charge in [-0.3, -0.25) is 14.6 Å². The van der Waals surface area contributed by atoms with Crippen LogP contribution in [0.1, 0.15) is 31.4 Å². The van der Waals surface area contributed by atoms with Crippen molar-refractivity contribution >= 4 is 39.3 Å². The molecule has 0 saturated carbocycles. The number of amides is 2. The first-order valence-electron chi connectivity index (χ1n) is 10.2. The number of nitrogens with one attached hydrogen (secondary N) is 2. The Morgan fingerprint density at radius 1 is 1.16 bits per heavy atom. The maximum Gasteiger partial charge on any atom is 0.247 e. The third-order valence-electron chi connectivity index (χ3n) is 5.31. The highest BCUT2D eigenvalue weighted by molar-refractivity contribution is 8.01. The highest BCUT2D eigenvalue weighted by Gasteiger charge is 2.36. The van der Waals surface area contributed by atoms with Crippen molar-refractivity contribution in [3.63, 3.8) is 0 Å². The summed E-state index contributed by atoms with van der Waals surface area (Å²) in [6, 6.07) is 9.81. The first-order chi connectivity index (χ1) is 14.9. The van der Waals surface area contributed by atoms with Gasteiger partial charge in [0.05, 0.1) is 22.8 Å². The highest BCUT2D eigenvalue weighted by atomic mass is 32.2. The molecule has 0 unspecified atom stereocenters. The molecule has 31 heavy (non-hydrogen) atoms. The normalized spacial score (nSPS) is 19.3. The lowest BCUT2D eigenvalue weighted by atomic mass is 10.2. The molecule has 0 aliphatic carbocycles. The fraction of sp³-hybridized carbons (Fsp3) is 0.381. The number of pyridine rings is 1. The maximum absolute atomic E-state index is 12.9. The molecule has 10 heteroatoms. The largest absolute Gasteiger partial charge is 0.341 e. The van der Waals surface area contributed by atoms with Crippen LogP contribution in [0, 0.1) is 0 Å². The minimum atomic E-state index is -3.79. The van der Waals surface area contributed by atoms with Crippen molar-refractivity contribution < 1.29 is 18.0 Å². The average molecular weight is 461 g/mol. The van der Waals surface area contributed by atoms with E-state index < -0.39 is 21.2 Å². The fourth-order valence-electron chi connectivity index (χ4n) is 3.63. The smallest absolute Gasteiger partial charge is 0.247 e. The van der Waals surface area contributed by atoms with Gasteiger partial charge in [0.25, 0.3) is 0 Å². The number of carbonyl (C=O) groups is 2. The molecule has 164 valence electrons. The van der Waals surface area contributed by atoms with Crippen molar-refractivity contribution in [3.05, 3.63) is 48.3 Å². The molecule has 1 fully saturated rings. The molecule has 0 bridgehead atoms. The number of benzene rings is 1. The van der Waals surface area contributed by atoms with E-state index >= 15 is 0 Å². The van der Waals surface area contributed by atoms with E-state index in [0.29, 0.717) is 29.4 Å². The lowest BCUT2D eigenvalue weighted by Gasteiger charge is -2.28. The highest BCUT2D eigenvalue weighted by Crippen LogP contribution is 2.38. The van der Waals surface area contributed by atoms with Crippen LogP contribution in [0.4, 0.5) is 5.69 Å². The Labute approximate surface area is 185 Å². The number of fused-ring (bicyclic) bond motifs is 1. The molecule has 2 amide bonds. The van der Waals surface area contributed by atoms with Crippen molar-refractivity contribution in [3.8, 4) is 0 Å². The zero-order valence-corrected chi connectivity index (χ0v) is 18.5. The van der Waals surface area contributed by atoms with E-state index in [1.165, 1.54) is 23.9 Å². The van der Waals surface area contributed by atoms with E-state index in [1.54, 1.807) is 35.4 Å². The van der Waals surface area contributed by atoms with Crippen molar-refractivity contribution in [2.75, 3.05) is 18.4 Å². The molecule has 2 N–H and O–H groups in total. The number of likely N-dealkylation sites (tertiary alicyclic amines) is 1. The number of hydrogen-bond acceptors (Lipinski definition) is 6. The summed E-state index contributed by atoms with van der Waals surface area (Å²) >= 11 is 1.17. The summed E-state index contributed by atoms with van der Waals surface area (Å²) in [6.45, 7) is 1.41. The molecule has 8 nitrogen and oxygen atoms in total. The molecule has 4 rings (SSSR count). The van der Waals surface area contributed by atoms with Crippen LogP contribution in [-0.4, -0.2) is 48.5 Å². The second kappa shape index (κ2) is 9.37. The van der Waals surface area contributed by atoms with Crippen LogP contribution in [0.25, 0.3) is 0 Å². The summed E-state index contributed by atoms with van der Waals surface area (Å²) in [4.78, 5) is 32.1. The van der Waals surface area contributed by atoms with Crippen molar-refractivity contribution in [2.24, 2.45) is 0 Å². The number of thioether (sulfide) groups is 1. The molecule has 1 aromatic heterocycles. The third-order valence-corrected chi connectivity index (χ3v) is 7.97. The molecule has 0 radical (unpaired) electrons. The minimum absolute atomic E-state index is 0.0420. The average Bonchev–Trinajstić information content (AvgIpc) is 3.07. The second-order valence-corrected chi connectivity index (χ2v) is 10.4. The summed E-state index contributed by atoms with van der Waals surface area (Å²) in [7, 11) is -3.79. The van der Waals surface area contributed by atoms with E-state index in [-0.39, 0.29) is 17.3 Å². The Kier molecular flexibility index (Phi) is 6.59. The van der Waals surface area contributed by atoms with E-state index in [4.69, 9.17) is 0 Å². The number of rotatable bonds is 5. The number of nitrogens with zero attached hydrogens (tertiary/aromatic N) is 2. The van der Waals surface area contributed by atoms with Gasteiger partial charge >= 0.3 is 0 Å². The van der Waals surface area contributed by atoms with Crippen LogP contribution >= 0.6 is 11.8 Å². The van der Waals surface area contributed by atoms with Gasteiger partial charge in [-0.25, -0.2) is 13.1 Å². The number of sulfonamides is 1. The van der Waals surface area contributed by atoms with Crippen LogP contribution in [0.2, 0.25) is 0 Å². The van der Waals surface area contributed by atoms with Crippen LogP contribution in [-0.2, 0) is 26.2 Å². The van der Waals surface area contributed by atoms with Gasteiger partial charge in [-0.15, -0.1) is 11.8 Å². The second-order valence-electron chi connectivity index (χ2n) is 7.53. The Morgan fingerprint density at radius 3 is 2.65 bits per heavy atom. The molecule has 2 aliphatic rings. The van der Waals surface area contributed by atoms with Crippen molar-refractivity contribution in [1.29, 1.82) is 0 Å². The van der Waals surface area contributed by atoms with E-state index in [1.807, 2.05) is 0 Å². The quantitative estimate of drug-likeness (QED) is 0.663. The van der Waals surface area contributed by atoms with Crippen molar-refractivity contribution in [2.45, 2.75) is 47.3 Å². The van der Waals surface area contributed by atoms with E-state index in [2.05, 4.69) is 15.0 Å². The van der Waals surface area contributed by atoms with Gasteiger partial charge in [0.15, 0.2) is 5.25 Å². The summed E-state index contributed by atoms with van der Waals surface area (Å²) in [6.07, 6.45) is 5.70. The minimum Gasteiger partial charge on any atom is -0.341 e. The van der Waals surface area contributed by atoms with E-state index in [9.17, 15) is 18.0 Å². The first kappa shape index (κ1) is 21.8. The van der Waals surface area contributed by atoms with E-state index in [0.717, 1.165) is 25.7 Å². The molecule has 3 heterocycles. The zero-order valence-electron chi connectivity index (χ0n) is 16.9. The molecule has 1 aromatic carbocycles. The van der Waals surface area contributed by atoms with Crippen LogP contribution in [0.15, 0.2) is 52.4 Å². The van der Waals surface area contributed by atoms with Crippen LogP contribution in [0.5, 0.6) is 0 Å². The van der Waals surface area contributed by atoms with Gasteiger partial charge < -0.3 is 10.2 Å². The molecule has 2 aromatic rings.